The van der Waals surface area contributed by atoms with Crippen molar-refractivity contribution in [3.8, 4) is 0 Å². The van der Waals surface area contributed by atoms with Crippen molar-refractivity contribution >= 4 is 56.4 Å². The number of hydrogen-bond donors (Lipinski definition) is 2. The number of hydrogen-bond acceptors (Lipinski definition) is 4. The van der Waals surface area contributed by atoms with Crippen molar-refractivity contribution in [1.82, 2.24) is 4.31 Å². The third kappa shape index (κ3) is 6.43. The number of halogens is 2. The molecule has 7 nitrogen and oxygen atoms in total. The number of carbonyl (C=O) groups is 2. The quantitative estimate of drug-likeness (QED) is 0.645. The van der Waals surface area contributed by atoms with Crippen LogP contribution in [0.3, 0.4) is 0 Å². The SMILES string of the molecule is CC(=O)Nc1ccc(NC(=O)C2CCN(S(=O)(=O)Cc3ccc(Cl)c(Cl)c3)CC2)cc1. The molecule has 1 fully saturated rings. The van der Waals surface area contributed by atoms with Crippen LogP contribution in [0.1, 0.15) is 25.3 Å². The van der Waals surface area contributed by atoms with Gasteiger partial charge in [0.15, 0.2) is 0 Å². The van der Waals surface area contributed by atoms with Crippen LogP contribution in [0, 0.1) is 5.92 Å². The molecule has 1 heterocycles. The number of rotatable bonds is 6. The van der Waals surface area contributed by atoms with E-state index in [-0.39, 0.29) is 36.6 Å². The Morgan fingerprint density at radius 1 is 0.968 bits per heavy atom. The number of nitrogens with one attached hydrogen (secondary N) is 2. The van der Waals surface area contributed by atoms with Gasteiger partial charge < -0.3 is 10.6 Å². The minimum atomic E-state index is -3.52. The number of piperidine rings is 1. The number of carbonyl (C=O) groups excluding carboxylic acids is 2. The molecule has 0 unspecified atom stereocenters. The van der Waals surface area contributed by atoms with Crippen LogP contribution in [-0.2, 0) is 25.4 Å². The highest BCUT2D eigenvalue weighted by Crippen LogP contribution is 2.26. The highest BCUT2D eigenvalue weighted by molar-refractivity contribution is 7.88. The summed E-state index contributed by atoms with van der Waals surface area (Å²) in [6.45, 7) is 1.99. The van der Waals surface area contributed by atoms with Crippen LogP contribution in [0.25, 0.3) is 0 Å². The zero-order chi connectivity index (χ0) is 22.6. The van der Waals surface area contributed by atoms with Crippen LogP contribution in [0.15, 0.2) is 42.5 Å². The molecule has 166 valence electrons. The smallest absolute Gasteiger partial charge is 0.227 e. The van der Waals surface area contributed by atoms with E-state index in [2.05, 4.69) is 10.6 Å². The second-order valence-corrected chi connectivity index (χ2v) is 10.2. The first kappa shape index (κ1) is 23.5. The average Bonchev–Trinajstić information content (AvgIpc) is 2.72. The minimum absolute atomic E-state index is 0.145. The van der Waals surface area contributed by atoms with Gasteiger partial charge in [0.2, 0.25) is 21.8 Å². The van der Waals surface area contributed by atoms with E-state index in [9.17, 15) is 18.0 Å². The van der Waals surface area contributed by atoms with Gasteiger partial charge in [-0.05, 0) is 54.8 Å². The molecule has 2 N–H and O–H groups in total. The topological polar surface area (TPSA) is 95.6 Å². The van der Waals surface area contributed by atoms with Crippen LogP contribution < -0.4 is 10.6 Å². The Bertz CT molecular complexity index is 1070. The highest BCUT2D eigenvalue weighted by Gasteiger charge is 2.31. The lowest BCUT2D eigenvalue weighted by atomic mass is 9.97. The fraction of sp³-hybridized carbons (Fsp3) is 0.333. The molecule has 10 heteroatoms. The van der Waals surface area contributed by atoms with Gasteiger partial charge in [-0.25, -0.2) is 12.7 Å². The van der Waals surface area contributed by atoms with Gasteiger partial charge in [-0.1, -0.05) is 29.3 Å². The molecule has 0 radical (unpaired) electrons. The third-order valence-corrected chi connectivity index (χ3v) is 7.61. The fourth-order valence-electron chi connectivity index (χ4n) is 3.41. The summed E-state index contributed by atoms with van der Waals surface area (Å²) in [7, 11) is -3.52. The fourth-order valence-corrected chi connectivity index (χ4v) is 5.28. The van der Waals surface area contributed by atoms with Gasteiger partial charge in [-0.3, -0.25) is 9.59 Å². The van der Waals surface area contributed by atoms with E-state index >= 15 is 0 Å². The molecule has 1 aliphatic heterocycles. The van der Waals surface area contributed by atoms with Crippen LogP contribution in [0.2, 0.25) is 10.0 Å². The van der Waals surface area contributed by atoms with Crippen LogP contribution in [0.5, 0.6) is 0 Å². The summed E-state index contributed by atoms with van der Waals surface area (Å²) in [6, 6.07) is 11.6. The van der Waals surface area contributed by atoms with E-state index in [1.807, 2.05) is 0 Å². The monoisotopic (exact) mass is 483 g/mol. The number of amides is 2. The van der Waals surface area contributed by atoms with Gasteiger partial charge in [0.25, 0.3) is 0 Å². The summed E-state index contributed by atoms with van der Waals surface area (Å²) in [5.41, 5.74) is 1.83. The molecule has 2 amide bonds. The Morgan fingerprint density at radius 3 is 2.10 bits per heavy atom. The van der Waals surface area contributed by atoms with Crippen molar-refractivity contribution in [3.63, 3.8) is 0 Å². The predicted octanol–water partition coefficient (Wildman–Crippen LogP) is 4.13. The molecule has 0 saturated carbocycles. The molecule has 1 saturated heterocycles. The van der Waals surface area contributed by atoms with Gasteiger partial charge in [0.05, 0.1) is 15.8 Å². The maximum Gasteiger partial charge on any atom is 0.227 e. The lowest BCUT2D eigenvalue weighted by molar-refractivity contribution is -0.121. The molecule has 2 aromatic rings. The Labute approximate surface area is 191 Å². The summed E-state index contributed by atoms with van der Waals surface area (Å²) in [6.07, 6.45) is 0.882. The molecule has 1 aliphatic rings. The third-order valence-electron chi connectivity index (χ3n) is 5.02. The molecular weight excluding hydrogens is 461 g/mol. The van der Waals surface area contributed by atoms with Gasteiger partial charge in [-0.15, -0.1) is 0 Å². The molecule has 3 rings (SSSR count). The molecule has 31 heavy (non-hydrogen) atoms. The van der Waals surface area contributed by atoms with E-state index in [4.69, 9.17) is 23.2 Å². The predicted molar refractivity (Wildman–Crippen MR) is 123 cm³/mol. The Morgan fingerprint density at radius 2 is 1.55 bits per heavy atom. The minimum Gasteiger partial charge on any atom is -0.326 e. The standard InChI is InChI=1S/C21H23Cl2N3O4S/c1-14(27)24-17-3-5-18(6-4-17)25-21(28)16-8-10-26(11-9-16)31(29,30)13-15-2-7-19(22)20(23)12-15/h2-7,12,16H,8-11,13H2,1H3,(H,24,27)(H,25,28). The summed E-state index contributed by atoms with van der Waals surface area (Å²) in [4.78, 5) is 23.6. The molecule has 0 aliphatic carbocycles. The van der Waals surface area contributed by atoms with Crippen molar-refractivity contribution in [2.75, 3.05) is 23.7 Å². The first-order valence-corrected chi connectivity index (χ1v) is 12.1. The lowest BCUT2D eigenvalue weighted by Crippen LogP contribution is -2.41. The van der Waals surface area contributed by atoms with Crippen molar-refractivity contribution in [2.45, 2.75) is 25.5 Å². The normalized spacial score (nSPS) is 15.5. The van der Waals surface area contributed by atoms with Gasteiger partial charge in [0.1, 0.15) is 0 Å². The lowest BCUT2D eigenvalue weighted by Gasteiger charge is -2.30. The largest absolute Gasteiger partial charge is 0.326 e. The molecule has 0 spiro atoms. The van der Waals surface area contributed by atoms with Gasteiger partial charge in [-0.2, -0.15) is 0 Å². The number of nitrogens with zero attached hydrogens (tertiary/aromatic N) is 1. The van der Waals surface area contributed by atoms with Crippen molar-refractivity contribution in [2.24, 2.45) is 5.92 Å². The average molecular weight is 484 g/mol. The first-order valence-electron chi connectivity index (χ1n) is 9.74. The number of benzene rings is 2. The van der Waals surface area contributed by atoms with E-state index in [0.717, 1.165) is 0 Å². The van der Waals surface area contributed by atoms with E-state index in [0.29, 0.717) is 39.8 Å². The first-order chi connectivity index (χ1) is 14.6. The Kier molecular flexibility index (Phi) is 7.59. The molecule has 2 aromatic carbocycles. The zero-order valence-corrected chi connectivity index (χ0v) is 19.2. The van der Waals surface area contributed by atoms with Crippen LogP contribution >= 0.6 is 23.2 Å². The zero-order valence-electron chi connectivity index (χ0n) is 16.9. The highest BCUT2D eigenvalue weighted by atomic mass is 35.5. The van der Waals surface area contributed by atoms with Gasteiger partial charge in [0, 0.05) is 37.3 Å². The summed E-state index contributed by atoms with van der Waals surface area (Å²) < 4.78 is 26.9. The molecular formula is C21H23Cl2N3O4S. The summed E-state index contributed by atoms with van der Waals surface area (Å²) in [5.74, 6) is -0.751. The van der Waals surface area contributed by atoms with E-state index < -0.39 is 10.0 Å². The van der Waals surface area contributed by atoms with E-state index in [1.54, 1.807) is 42.5 Å². The second-order valence-electron chi connectivity index (χ2n) is 7.43. The van der Waals surface area contributed by atoms with Crippen LogP contribution in [0.4, 0.5) is 11.4 Å². The van der Waals surface area contributed by atoms with Crippen molar-refractivity contribution < 1.29 is 18.0 Å². The molecule has 0 bridgehead atoms. The number of sulfonamides is 1. The van der Waals surface area contributed by atoms with E-state index in [1.165, 1.54) is 11.2 Å². The maximum atomic E-state index is 12.7. The van der Waals surface area contributed by atoms with Gasteiger partial charge >= 0.3 is 0 Å². The number of anilines is 2. The Hall–Kier alpha value is -2.13. The molecule has 0 aromatic heterocycles. The van der Waals surface area contributed by atoms with Crippen molar-refractivity contribution in [3.05, 3.63) is 58.1 Å². The summed E-state index contributed by atoms with van der Waals surface area (Å²) in [5, 5.41) is 6.20. The Balaban J connectivity index is 1.53. The second kappa shape index (κ2) is 9.99. The van der Waals surface area contributed by atoms with Crippen molar-refractivity contribution in [1.29, 1.82) is 0 Å². The maximum absolute atomic E-state index is 12.7. The molecule has 0 atom stereocenters. The van der Waals surface area contributed by atoms with Crippen LogP contribution in [-0.4, -0.2) is 37.6 Å². The summed E-state index contributed by atoms with van der Waals surface area (Å²) >= 11 is 11.9.